The Hall–Kier alpha value is -2.04. The summed E-state index contributed by atoms with van der Waals surface area (Å²) in [7, 11) is 1.55. The third-order valence-electron chi connectivity index (χ3n) is 2.20. The molecule has 1 saturated heterocycles. The zero-order chi connectivity index (χ0) is 10.8. The second-order valence-electron chi connectivity index (χ2n) is 3.17. The number of nitrogens with one attached hydrogen (secondary N) is 2. The maximum Gasteiger partial charge on any atom is 0.322 e. The number of hydrogen-bond acceptors (Lipinski definition) is 3. The van der Waals surface area contributed by atoms with Gasteiger partial charge in [0.25, 0.3) is 5.91 Å². The van der Waals surface area contributed by atoms with Gasteiger partial charge in [-0.25, -0.2) is 4.79 Å². The van der Waals surface area contributed by atoms with Gasteiger partial charge in [0.2, 0.25) is 0 Å². The van der Waals surface area contributed by atoms with Crippen LogP contribution in [-0.4, -0.2) is 19.0 Å². The topological polar surface area (TPSA) is 67.4 Å². The van der Waals surface area contributed by atoms with Crippen molar-refractivity contribution >= 4 is 11.9 Å². The summed E-state index contributed by atoms with van der Waals surface area (Å²) in [5, 5.41) is 4.69. The molecular weight excluding hydrogens is 196 g/mol. The van der Waals surface area contributed by atoms with Crippen molar-refractivity contribution in [2.24, 2.45) is 0 Å². The fourth-order valence-electron chi connectivity index (χ4n) is 1.47. The zero-order valence-electron chi connectivity index (χ0n) is 8.11. The highest BCUT2D eigenvalue weighted by Gasteiger charge is 2.30. The van der Waals surface area contributed by atoms with Gasteiger partial charge in [-0.15, -0.1) is 0 Å². The van der Waals surface area contributed by atoms with Crippen molar-refractivity contribution < 1.29 is 14.3 Å². The molecule has 1 unspecified atom stereocenters. The normalized spacial score (nSPS) is 19.7. The van der Waals surface area contributed by atoms with Crippen LogP contribution in [-0.2, 0) is 4.79 Å². The monoisotopic (exact) mass is 206 g/mol. The summed E-state index contributed by atoms with van der Waals surface area (Å²) in [6.07, 6.45) is 0. The van der Waals surface area contributed by atoms with Crippen LogP contribution in [0.25, 0.3) is 0 Å². The van der Waals surface area contributed by atoms with Crippen molar-refractivity contribution in [2.45, 2.75) is 6.04 Å². The third kappa shape index (κ3) is 1.76. The summed E-state index contributed by atoms with van der Waals surface area (Å²) in [5.41, 5.74) is 0.706. The molecule has 1 atom stereocenters. The Kier molecular flexibility index (Phi) is 2.29. The van der Waals surface area contributed by atoms with E-state index in [1.807, 2.05) is 0 Å². The molecule has 0 saturated carbocycles. The Morgan fingerprint density at radius 1 is 1.33 bits per heavy atom. The van der Waals surface area contributed by atoms with Gasteiger partial charge in [0.1, 0.15) is 11.8 Å². The highest BCUT2D eigenvalue weighted by atomic mass is 16.5. The number of ether oxygens (including phenoxy) is 1. The molecule has 2 N–H and O–H groups in total. The standard InChI is InChI=1S/C10H10N2O3/c1-15-7-4-2-3-6(5-7)8-9(13)12-10(14)11-8/h2-5,8H,1H3,(H2,11,12,13,14). The van der Waals surface area contributed by atoms with Gasteiger partial charge in [0.05, 0.1) is 7.11 Å². The zero-order valence-corrected chi connectivity index (χ0v) is 8.11. The Morgan fingerprint density at radius 2 is 2.13 bits per heavy atom. The smallest absolute Gasteiger partial charge is 0.322 e. The first kappa shape index (κ1) is 9.51. The first-order valence-electron chi connectivity index (χ1n) is 4.46. The molecule has 1 aromatic carbocycles. The van der Waals surface area contributed by atoms with Gasteiger partial charge in [-0.1, -0.05) is 12.1 Å². The van der Waals surface area contributed by atoms with Gasteiger partial charge < -0.3 is 10.1 Å². The van der Waals surface area contributed by atoms with Crippen LogP contribution in [0, 0.1) is 0 Å². The minimum Gasteiger partial charge on any atom is -0.497 e. The molecule has 0 aliphatic carbocycles. The van der Waals surface area contributed by atoms with Crippen molar-refractivity contribution in [3.05, 3.63) is 29.8 Å². The number of urea groups is 1. The highest BCUT2D eigenvalue weighted by Crippen LogP contribution is 2.21. The minimum absolute atomic E-state index is 0.340. The summed E-state index contributed by atoms with van der Waals surface area (Å²) in [6.45, 7) is 0. The molecule has 15 heavy (non-hydrogen) atoms. The molecular formula is C10H10N2O3. The third-order valence-corrected chi connectivity index (χ3v) is 2.20. The predicted octanol–water partition coefficient (Wildman–Crippen LogP) is 0.576. The maximum atomic E-state index is 11.3. The van der Waals surface area contributed by atoms with Crippen LogP contribution in [0.15, 0.2) is 24.3 Å². The number of rotatable bonds is 2. The number of benzene rings is 1. The molecule has 1 aliphatic heterocycles. The molecule has 0 aromatic heterocycles. The van der Waals surface area contributed by atoms with Crippen LogP contribution in [0.3, 0.4) is 0 Å². The molecule has 2 rings (SSSR count). The van der Waals surface area contributed by atoms with Crippen LogP contribution in [0.1, 0.15) is 11.6 Å². The fraction of sp³-hybridized carbons (Fsp3) is 0.200. The van der Waals surface area contributed by atoms with Crippen LogP contribution < -0.4 is 15.4 Å². The van der Waals surface area contributed by atoms with E-state index in [4.69, 9.17) is 4.74 Å². The van der Waals surface area contributed by atoms with Crippen LogP contribution in [0.4, 0.5) is 4.79 Å². The lowest BCUT2D eigenvalue weighted by molar-refractivity contribution is -0.120. The summed E-state index contributed by atoms with van der Waals surface area (Å²) in [5.74, 6) is 0.315. The number of amides is 3. The molecule has 0 radical (unpaired) electrons. The van der Waals surface area contributed by atoms with E-state index in [-0.39, 0.29) is 5.91 Å². The first-order valence-corrected chi connectivity index (χ1v) is 4.46. The molecule has 1 fully saturated rings. The Balaban J connectivity index is 2.29. The van der Waals surface area contributed by atoms with Crippen LogP contribution >= 0.6 is 0 Å². The van der Waals surface area contributed by atoms with Gasteiger partial charge in [-0.3, -0.25) is 10.1 Å². The first-order chi connectivity index (χ1) is 7.20. The highest BCUT2D eigenvalue weighted by molar-refractivity contribution is 6.04. The molecule has 1 aromatic rings. The number of hydrogen-bond donors (Lipinski definition) is 2. The van der Waals surface area contributed by atoms with Gasteiger partial charge >= 0.3 is 6.03 Å². The van der Waals surface area contributed by atoms with E-state index in [0.29, 0.717) is 11.3 Å². The Morgan fingerprint density at radius 3 is 2.73 bits per heavy atom. The molecule has 0 bridgehead atoms. The van der Waals surface area contributed by atoms with Crippen molar-refractivity contribution in [3.63, 3.8) is 0 Å². The van der Waals surface area contributed by atoms with Crippen molar-refractivity contribution in [3.8, 4) is 5.75 Å². The molecule has 5 nitrogen and oxygen atoms in total. The lowest BCUT2D eigenvalue weighted by Crippen LogP contribution is -2.22. The van der Waals surface area contributed by atoms with Crippen molar-refractivity contribution in [1.29, 1.82) is 0 Å². The second-order valence-corrected chi connectivity index (χ2v) is 3.17. The maximum absolute atomic E-state index is 11.3. The van der Waals surface area contributed by atoms with Crippen molar-refractivity contribution in [1.82, 2.24) is 10.6 Å². The van der Waals surface area contributed by atoms with Gasteiger partial charge in [0.15, 0.2) is 0 Å². The molecule has 5 heteroatoms. The minimum atomic E-state index is -0.618. The van der Waals surface area contributed by atoms with E-state index >= 15 is 0 Å². The number of methoxy groups -OCH3 is 1. The molecule has 78 valence electrons. The van der Waals surface area contributed by atoms with Crippen molar-refractivity contribution in [2.75, 3.05) is 7.11 Å². The summed E-state index contributed by atoms with van der Waals surface area (Å²) < 4.78 is 5.03. The quantitative estimate of drug-likeness (QED) is 0.695. The number of carbonyl (C=O) groups excluding carboxylic acids is 2. The molecule has 1 aliphatic rings. The summed E-state index contributed by atoms with van der Waals surface area (Å²) in [6, 6.07) is 5.94. The molecule has 1 heterocycles. The van der Waals surface area contributed by atoms with Gasteiger partial charge in [-0.05, 0) is 17.7 Å². The predicted molar refractivity (Wildman–Crippen MR) is 52.4 cm³/mol. The fourth-order valence-corrected chi connectivity index (χ4v) is 1.47. The second kappa shape index (κ2) is 3.61. The lowest BCUT2D eigenvalue weighted by atomic mass is 10.1. The van der Waals surface area contributed by atoms with E-state index in [0.717, 1.165) is 0 Å². The number of imide groups is 1. The van der Waals surface area contributed by atoms with E-state index in [1.54, 1.807) is 31.4 Å². The van der Waals surface area contributed by atoms with E-state index < -0.39 is 12.1 Å². The van der Waals surface area contributed by atoms with Crippen LogP contribution in [0.2, 0.25) is 0 Å². The Bertz CT molecular complexity index is 417. The van der Waals surface area contributed by atoms with Crippen LogP contribution in [0.5, 0.6) is 5.75 Å². The Labute approximate surface area is 86.4 Å². The summed E-state index contributed by atoms with van der Waals surface area (Å²) >= 11 is 0. The van der Waals surface area contributed by atoms with Gasteiger partial charge in [0, 0.05) is 0 Å². The molecule has 0 spiro atoms. The largest absolute Gasteiger partial charge is 0.497 e. The summed E-state index contributed by atoms with van der Waals surface area (Å²) in [4.78, 5) is 22.3. The number of carbonyl (C=O) groups is 2. The van der Waals surface area contributed by atoms with E-state index in [2.05, 4.69) is 10.6 Å². The molecule has 3 amide bonds. The average Bonchev–Trinajstić information content (AvgIpc) is 2.58. The SMILES string of the molecule is COc1cccc(C2NC(=O)NC2=O)c1. The van der Waals surface area contributed by atoms with Gasteiger partial charge in [-0.2, -0.15) is 0 Å². The average molecular weight is 206 g/mol. The van der Waals surface area contributed by atoms with E-state index in [9.17, 15) is 9.59 Å². The lowest BCUT2D eigenvalue weighted by Gasteiger charge is -2.08. The van der Waals surface area contributed by atoms with E-state index in [1.165, 1.54) is 0 Å².